The van der Waals surface area contributed by atoms with Crippen molar-refractivity contribution in [1.82, 2.24) is 9.55 Å². The number of aromatic amines is 1. The fourth-order valence-corrected chi connectivity index (χ4v) is 2.06. The molecule has 100 valence electrons. The van der Waals surface area contributed by atoms with Gasteiger partial charge in [-0.05, 0) is 18.2 Å². The molecule has 0 radical (unpaired) electrons. The van der Waals surface area contributed by atoms with Crippen LogP contribution in [0.1, 0.15) is 0 Å². The average molecular weight is 350 g/mol. The largest absolute Gasteiger partial charge is 0.495 e. The normalized spacial score (nSPS) is 10.5. The van der Waals surface area contributed by atoms with E-state index in [1.54, 1.807) is 6.07 Å². The number of ether oxygens (including phenoxy) is 1. The molecule has 2 aromatic rings. The summed E-state index contributed by atoms with van der Waals surface area (Å²) in [4.78, 5) is 25.6. The van der Waals surface area contributed by atoms with Crippen LogP contribution < -0.4 is 16.0 Å². The van der Waals surface area contributed by atoms with Gasteiger partial charge in [-0.1, -0.05) is 27.5 Å². The number of halogens is 3. The van der Waals surface area contributed by atoms with Gasteiger partial charge in [0, 0.05) is 4.47 Å². The lowest BCUT2D eigenvalue weighted by Gasteiger charge is -2.10. The second-order valence-electron chi connectivity index (χ2n) is 3.51. The highest BCUT2D eigenvalue weighted by Gasteiger charge is 2.16. The van der Waals surface area contributed by atoms with Gasteiger partial charge in [0.25, 0.3) is 5.56 Å². The highest BCUT2D eigenvalue weighted by atomic mass is 79.9. The second kappa shape index (κ2) is 5.18. The Labute approximate surface area is 119 Å². The minimum Gasteiger partial charge on any atom is -0.495 e. The molecule has 5 nitrogen and oxygen atoms in total. The molecule has 1 aromatic carbocycles. The molecule has 0 saturated heterocycles. The van der Waals surface area contributed by atoms with Gasteiger partial charge in [-0.2, -0.15) is 4.39 Å². The van der Waals surface area contributed by atoms with Gasteiger partial charge in [0.2, 0.25) is 5.82 Å². The summed E-state index contributed by atoms with van der Waals surface area (Å²) in [6, 6.07) is 4.66. The minimum absolute atomic E-state index is 0.110. The predicted octanol–water partition coefficient (Wildman–Crippen LogP) is 2.09. The summed E-state index contributed by atoms with van der Waals surface area (Å²) in [5.41, 5.74) is -1.89. The van der Waals surface area contributed by atoms with E-state index in [4.69, 9.17) is 16.3 Å². The highest BCUT2D eigenvalue weighted by Crippen LogP contribution is 2.24. The summed E-state index contributed by atoms with van der Waals surface area (Å²) in [6.07, 6.45) is 0. The van der Waals surface area contributed by atoms with Gasteiger partial charge >= 0.3 is 5.69 Å². The maximum Gasteiger partial charge on any atom is 0.334 e. The Morgan fingerprint density at radius 2 is 2.11 bits per heavy atom. The third kappa shape index (κ3) is 2.43. The summed E-state index contributed by atoms with van der Waals surface area (Å²) in [5, 5.41) is -0.625. The Hall–Kier alpha value is -1.60. The van der Waals surface area contributed by atoms with Gasteiger partial charge in [0.05, 0.1) is 12.8 Å². The predicted molar refractivity (Wildman–Crippen MR) is 71.9 cm³/mol. The van der Waals surface area contributed by atoms with Gasteiger partial charge in [-0.15, -0.1) is 0 Å². The van der Waals surface area contributed by atoms with Gasteiger partial charge in [0.1, 0.15) is 5.75 Å². The number of hydrogen-bond donors (Lipinski definition) is 1. The van der Waals surface area contributed by atoms with E-state index < -0.39 is 22.2 Å². The average Bonchev–Trinajstić information content (AvgIpc) is 2.36. The Bertz CT molecular complexity index is 757. The number of H-pyrrole nitrogens is 1. The van der Waals surface area contributed by atoms with Crippen molar-refractivity contribution in [3.8, 4) is 11.4 Å². The number of nitrogens with one attached hydrogen (secondary N) is 1. The molecule has 0 aliphatic carbocycles. The molecule has 0 atom stereocenters. The van der Waals surface area contributed by atoms with Crippen LogP contribution in [-0.2, 0) is 0 Å². The zero-order valence-corrected chi connectivity index (χ0v) is 11.9. The zero-order valence-electron chi connectivity index (χ0n) is 9.54. The van der Waals surface area contributed by atoms with E-state index in [2.05, 4.69) is 15.9 Å². The number of aromatic nitrogens is 2. The lowest BCUT2D eigenvalue weighted by molar-refractivity contribution is 0.411. The van der Waals surface area contributed by atoms with Gasteiger partial charge < -0.3 is 4.74 Å². The smallest absolute Gasteiger partial charge is 0.334 e. The van der Waals surface area contributed by atoms with Crippen molar-refractivity contribution in [2.45, 2.75) is 0 Å². The number of nitrogens with zero attached hydrogens (tertiary/aromatic N) is 1. The number of methoxy groups -OCH3 is 1. The maximum atomic E-state index is 13.5. The van der Waals surface area contributed by atoms with Crippen LogP contribution in [0.2, 0.25) is 5.15 Å². The van der Waals surface area contributed by atoms with Crippen molar-refractivity contribution in [3.05, 3.63) is 54.5 Å². The van der Waals surface area contributed by atoms with Gasteiger partial charge in [-0.3, -0.25) is 9.78 Å². The molecule has 1 N–H and O–H groups in total. The number of hydrogen-bond acceptors (Lipinski definition) is 3. The van der Waals surface area contributed by atoms with E-state index in [0.29, 0.717) is 9.04 Å². The van der Waals surface area contributed by atoms with Crippen LogP contribution in [-0.4, -0.2) is 16.7 Å². The molecule has 1 heterocycles. The van der Waals surface area contributed by atoms with E-state index in [1.165, 1.54) is 19.2 Å². The Morgan fingerprint density at radius 1 is 1.42 bits per heavy atom. The molecule has 0 saturated carbocycles. The molecule has 2 rings (SSSR count). The molecular formula is C11H7BrClFN2O3. The molecule has 0 aliphatic rings. The lowest BCUT2D eigenvalue weighted by Crippen LogP contribution is -2.36. The molecule has 0 spiro atoms. The molecule has 0 unspecified atom stereocenters. The highest BCUT2D eigenvalue weighted by molar-refractivity contribution is 9.10. The molecule has 19 heavy (non-hydrogen) atoms. The van der Waals surface area contributed by atoms with Crippen LogP contribution in [0.25, 0.3) is 5.69 Å². The first-order chi connectivity index (χ1) is 8.95. The SMILES string of the molecule is COc1ccc(Br)cc1-n1c(=O)[nH]c(Cl)c(F)c1=O. The zero-order chi connectivity index (χ0) is 14.2. The standard InChI is InChI=1S/C11H7BrClFN2O3/c1-19-7-3-2-5(12)4-6(7)16-10(17)8(14)9(13)15-11(16)18/h2-4H,1H3,(H,15,18). The van der Waals surface area contributed by atoms with Crippen molar-refractivity contribution in [1.29, 1.82) is 0 Å². The van der Waals surface area contributed by atoms with Crippen LogP contribution in [0.4, 0.5) is 4.39 Å². The lowest BCUT2D eigenvalue weighted by atomic mass is 10.3. The van der Waals surface area contributed by atoms with E-state index in [9.17, 15) is 14.0 Å². The quantitative estimate of drug-likeness (QED) is 0.845. The third-order valence-corrected chi connectivity index (χ3v) is 3.14. The summed E-state index contributed by atoms with van der Waals surface area (Å²) >= 11 is 8.60. The van der Waals surface area contributed by atoms with Crippen LogP contribution in [0, 0.1) is 5.82 Å². The van der Waals surface area contributed by atoms with E-state index >= 15 is 0 Å². The molecule has 0 fully saturated rings. The first kappa shape index (κ1) is 13.8. The fraction of sp³-hybridized carbons (Fsp3) is 0.0909. The minimum atomic E-state index is -1.23. The van der Waals surface area contributed by atoms with Crippen molar-refractivity contribution in [2.75, 3.05) is 7.11 Å². The fourth-order valence-electron chi connectivity index (χ4n) is 1.55. The maximum absolute atomic E-state index is 13.5. The Balaban J connectivity index is 2.87. The summed E-state index contributed by atoms with van der Waals surface area (Å²) in [7, 11) is 1.37. The summed E-state index contributed by atoms with van der Waals surface area (Å²) in [5.74, 6) is -0.985. The van der Waals surface area contributed by atoms with Gasteiger partial charge in [0.15, 0.2) is 5.15 Å². The molecule has 8 heteroatoms. The van der Waals surface area contributed by atoms with Crippen molar-refractivity contribution >= 4 is 27.5 Å². The molecule has 0 amide bonds. The molecule has 1 aromatic heterocycles. The van der Waals surface area contributed by atoms with Gasteiger partial charge in [-0.25, -0.2) is 9.36 Å². The van der Waals surface area contributed by atoms with Crippen LogP contribution in [0.15, 0.2) is 32.3 Å². The summed E-state index contributed by atoms with van der Waals surface area (Å²) < 4.78 is 19.8. The molecule has 0 bridgehead atoms. The van der Waals surface area contributed by atoms with Crippen LogP contribution in [0.5, 0.6) is 5.75 Å². The molecule has 0 aliphatic heterocycles. The van der Waals surface area contributed by atoms with E-state index in [1.807, 2.05) is 4.98 Å². The topological polar surface area (TPSA) is 64.1 Å². The first-order valence-corrected chi connectivity index (χ1v) is 6.17. The second-order valence-corrected chi connectivity index (χ2v) is 4.81. The van der Waals surface area contributed by atoms with Crippen molar-refractivity contribution < 1.29 is 9.13 Å². The summed E-state index contributed by atoms with van der Waals surface area (Å²) in [6.45, 7) is 0. The Kier molecular flexibility index (Phi) is 3.77. The number of benzene rings is 1. The number of rotatable bonds is 2. The first-order valence-electron chi connectivity index (χ1n) is 5.00. The van der Waals surface area contributed by atoms with Crippen LogP contribution >= 0.6 is 27.5 Å². The van der Waals surface area contributed by atoms with Crippen molar-refractivity contribution in [2.24, 2.45) is 0 Å². The molecular weight excluding hydrogens is 342 g/mol. The monoisotopic (exact) mass is 348 g/mol. The van der Waals surface area contributed by atoms with Crippen molar-refractivity contribution in [3.63, 3.8) is 0 Å². The van der Waals surface area contributed by atoms with E-state index in [0.717, 1.165) is 0 Å². The third-order valence-electron chi connectivity index (χ3n) is 2.39. The van der Waals surface area contributed by atoms with E-state index in [-0.39, 0.29) is 11.4 Å². The van der Waals surface area contributed by atoms with Crippen LogP contribution in [0.3, 0.4) is 0 Å². The Morgan fingerprint density at radius 3 is 2.74 bits per heavy atom.